The minimum Gasteiger partial charge on any atom is -0.0798 e. The average Bonchev–Trinajstić information content (AvgIpc) is 2.38. The van der Waals surface area contributed by atoms with Gasteiger partial charge in [0.05, 0.1) is 0 Å². The molecule has 0 saturated heterocycles. The van der Waals surface area contributed by atoms with Gasteiger partial charge in [0.2, 0.25) is 0 Å². The smallest absolute Gasteiger partial charge is 0.0295 e. The lowest BCUT2D eigenvalue weighted by atomic mass is 10.1. The fourth-order valence-electron chi connectivity index (χ4n) is 1.60. The van der Waals surface area contributed by atoms with E-state index in [9.17, 15) is 0 Å². The molecule has 0 amide bonds. The molecule has 2 aliphatic rings. The molecule has 0 aliphatic heterocycles. The monoisotopic (exact) mass is 258 g/mol. The van der Waals surface area contributed by atoms with Gasteiger partial charge < -0.3 is 0 Å². The summed E-state index contributed by atoms with van der Waals surface area (Å²) in [5.41, 5.74) is 3.12. The highest BCUT2D eigenvalue weighted by atomic mass is 127. The lowest BCUT2D eigenvalue weighted by Gasteiger charge is -2.01. The minimum atomic E-state index is 0.742. The molecule has 0 bridgehead atoms. The topological polar surface area (TPSA) is 0 Å². The van der Waals surface area contributed by atoms with Crippen LogP contribution >= 0.6 is 22.6 Å². The molecule has 0 aromatic rings. The molecule has 0 aromatic carbocycles. The summed E-state index contributed by atoms with van der Waals surface area (Å²) in [5.74, 6) is 0. The van der Waals surface area contributed by atoms with E-state index in [1.54, 1.807) is 5.57 Å². The number of hydrogen-bond acceptors (Lipinski definition) is 0. The minimum absolute atomic E-state index is 0.742. The van der Waals surface area contributed by atoms with Gasteiger partial charge in [-0.1, -0.05) is 52.5 Å². The van der Waals surface area contributed by atoms with Crippen molar-refractivity contribution < 1.29 is 0 Å². The summed E-state index contributed by atoms with van der Waals surface area (Å²) in [6.45, 7) is 0. The van der Waals surface area contributed by atoms with E-state index in [2.05, 4.69) is 46.9 Å². The third-order valence-corrected chi connectivity index (χ3v) is 3.31. The fraction of sp³-hybridized carbons (Fsp3) is 0.400. The molecule has 1 atom stereocenters. The second-order valence-electron chi connectivity index (χ2n) is 3.08. The SMILES string of the molecule is IC1C=CC2=C(CC=C2)CC1. The van der Waals surface area contributed by atoms with Crippen LogP contribution in [0.15, 0.2) is 35.5 Å². The van der Waals surface area contributed by atoms with Crippen LogP contribution in [0.25, 0.3) is 0 Å². The lowest BCUT2D eigenvalue weighted by Crippen LogP contribution is -1.90. The van der Waals surface area contributed by atoms with E-state index in [0.717, 1.165) is 3.92 Å². The number of alkyl halides is 1. The van der Waals surface area contributed by atoms with E-state index >= 15 is 0 Å². The Morgan fingerprint density at radius 3 is 3.18 bits per heavy atom. The van der Waals surface area contributed by atoms with Crippen LogP contribution in [0.1, 0.15) is 19.3 Å². The first-order chi connectivity index (χ1) is 5.36. The number of halogens is 1. The van der Waals surface area contributed by atoms with Crippen molar-refractivity contribution in [1.29, 1.82) is 0 Å². The molecular weight excluding hydrogens is 247 g/mol. The molecule has 0 N–H and O–H groups in total. The van der Waals surface area contributed by atoms with Crippen LogP contribution in [-0.2, 0) is 0 Å². The van der Waals surface area contributed by atoms with E-state index in [4.69, 9.17) is 0 Å². The van der Waals surface area contributed by atoms with Crippen LogP contribution < -0.4 is 0 Å². The van der Waals surface area contributed by atoms with Gasteiger partial charge in [0, 0.05) is 3.92 Å². The zero-order chi connectivity index (χ0) is 7.68. The third kappa shape index (κ3) is 1.58. The molecule has 2 rings (SSSR count). The Balaban J connectivity index is 2.24. The average molecular weight is 258 g/mol. The third-order valence-electron chi connectivity index (χ3n) is 2.28. The molecule has 11 heavy (non-hydrogen) atoms. The summed E-state index contributed by atoms with van der Waals surface area (Å²) in [6, 6.07) is 0. The maximum Gasteiger partial charge on any atom is 0.0295 e. The van der Waals surface area contributed by atoms with Crippen molar-refractivity contribution in [2.75, 3.05) is 0 Å². The number of hydrogen-bond donors (Lipinski definition) is 0. The maximum atomic E-state index is 2.50. The quantitative estimate of drug-likeness (QED) is 0.461. The molecule has 0 nitrogen and oxygen atoms in total. The Morgan fingerprint density at radius 1 is 1.36 bits per heavy atom. The van der Waals surface area contributed by atoms with Gasteiger partial charge >= 0.3 is 0 Å². The van der Waals surface area contributed by atoms with Gasteiger partial charge in [-0.2, -0.15) is 0 Å². The van der Waals surface area contributed by atoms with Crippen LogP contribution in [0.4, 0.5) is 0 Å². The first kappa shape index (κ1) is 7.59. The van der Waals surface area contributed by atoms with Crippen LogP contribution in [0.2, 0.25) is 0 Å². The second-order valence-corrected chi connectivity index (χ2v) is 4.68. The molecule has 1 heteroatoms. The molecule has 58 valence electrons. The molecule has 0 saturated carbocycles. The molecule has 1 unspecified atom stereocenters. The predicted molar refractivity (Wildman–Crippen MR) is 57.0 cm³/mol. The van der Waals surface area contributed by atoms with Gasteiger partial charge in [-0.3, -0.25) is 0 Å². The van der Waals surface area contributed by atoms with Crippen molar-refractivity contribution in [2.24, 2.45) is 0 Å². The zero-order valence-electron chi connectivity index (χ0n) is 6.39. The number of allylic oxidation sites excluding steroid dienone is 6. The maximum absolute atomic E-state index is 2.50. The molecule has 0 spiro atoms. The van der Waals surface area contributed by atoms with Crippen LogP contribution in [0.5, 0.6) is 0 Å². The van der Waals surface area contributed by atoms with Crippen molar-refractivity contribution in [2.45, 2.75) is 23.2 Å². The van der Waals surface area contributed by atoms with Crippen LogP contribution in [-0.4, -0.2) is 3.92 Å². The Bertz CT molecular complexity index is 246. The van der Waals surface area contributed by atoms with Gasteiger partial charge in [-0.15, -0.1) is 0 Å². The Morgan fingerprint density at radius 2 is 2.27 bits per heavy atom. The lowest BCUT2D eigenvalue weighted by molar-refractivity contribution is 0.855. The summed E-state index contributed by atoms with van der Waals surface area (Å²) >= 11 is 2.50. The van der Waals surface area contributed by atoms with Crippen LogP contribution in [0, 0.1) is 0 Å². The first-order valence-corrected chi connectivity index (χ1v) is 5.31. The van der Waals surface area contributed by atoms with E-state index in [1.807, 2.05) is 0 Å². The van der Waals surface area contributed by atoms with Gasteiger partial charge in [0.1, 0.15) is 0 Å². The summed E-state index contributed by atoms with van der Waals surface area (Å²) in [5, 5.41) is 0. The standard InChI is InChI=1S/C10H11I/c11-10-6-4-8-2-1-3-9(8)5-7-10/h1-2,4,6,10H,3,5,7H2. The summed E-state index contributed by atoms with van der Waals surface area (Å²) in [6.07, 6.45) is 12.9. The van der Waals surface area contributed by atoms with E-state index < -0.39 is 0 Å². The van der Waals surface area contributed by atoms with Crippen LogP contribution in [0.3, 0.4) is 0 Å². The molecule has 0 fully saturated rings. The van der Waals surface area contributed by atoms with E-state index in [0.29, 0.717) is 0 Å². The Hall–Kier alpha value is -0.0500. The molecule has 2 aliphatic carbocycles. The summed E-state index contributed by atoms with van der Waals surface area (Å²) in [4.78, 5) is 0. The van der Waals surface area contributed by atoms with E-state index in [-0.39, 0.29) is 0 Å². The Labute approximate surface area is 81.2 Å². The van der Waals surface area contributed by atoms with Gasteiger partial charge in [-0.05, 0) is 24.8 Å². The van der Waals surface area contributed by atoms with Gasteiger partial charge in [-0.25, -0.2) is 0 Å². The van der Waals surface area contributed by atoms with E-state index in [1.165, 1.54) is 24.8 Å². The zero-order valence-corrected chi connectivity index (χ0v) is 8.54. The normalized spacial score (nSPS) is 29.0. The second kappa shape index (κ2) is 3.13. The Kier molecular flexibility index (Phi) is 2.16. The molecule has 0 radical (unpaired) electrons. The molecule has 0 aromatic heterocycles. The van der Waals surface area contributed by atoms with Crippen molar-refractivity contribution in [3.63, 3.8) is 0 Å². The van der Waals surface area contributed by atoms with Crippen molar-refractivity contribution in [3.8, 4) is 0 Å². The van der Waals surface area contributed by atoms with Crippen molar-refractivity contribution in [3.05, 3.63) is 35.5 Å². The number of rotatable bonds is 0. The van der Waals surface area contributed by atoms with Crippen molar-refractivity contribution in [1.82, 2.24) is 0 Å². The summed E-state index contributed by atoms with van der Waals surface area (Å²) in [7, 11) is 0. The highest BCUT2D eigenvalue weighted by Crippen LogP contribution is 2.29. The van der Waals surface area contributed by atoms with Gasteiger partial charge in [0.15, 0.2) is 0 Å². The predicted octanol–water partition coefficient (Wildman–Crippen LogP) is 3.40. The molecule has 0 heterocycles. The highest BCUT2D eigenvalue weighted by molar-refractivity contribution is 14.1. The fourth-order valence-corrected chi connectivity index (χ4v) is 2.12. The summed E-state index contributed by atoms with van der Waals surface area (Å²) < 4.78 is 0.742. The molecular formula is C10H11I. The highest BCUT2D eigenvalue weighted by Gasteiger charge is 2.11. The van der Waals surface area contributed by atoms with Crippen molar-refractivity contribution >= 4 is 22.6 Å². The largest absolute Gasteiger partial charge is 0.0798 e. The first-order valence-electron chi connectivity index (χ1n) is 4.07. The van der Waals surface area contributed by atoms with Gasteiger partial charge in [0.25, 0.3) is 0 Å².